The number of halogens is 1. The van der Waals surface area contributed by atoms with Gasteiger partial charge in [0, 0.05) is 29.6 Å². The molecule has 0 spiro atoms. The summed E-state index contributed by atoms with van der Waals surface area (Å²) in [6.45, 7) is 0.647. The van der Waals surface area contributed by atoms with Crippen LogP contribution in [0.2, 0.25) is 0 Å². The molecule has 0 aliphatic rings. The standard InChI is InChI=1S/C12H11BrN4/c1-17-5-4-15-12(17)8-16-11-3-2-9(7-14)6-10(11)13/h2-6,16H,8H2,1H3. The lowest BCUT2D eigenvalue weighted by atomic mass is 10.2. The Balaban J connectivity index is 2.10. The maximum Gasteiger partial charge on any atom is 0.127 e. The summed E-state index contributed by atoms with van der Waals surface area (Å²) in [6.07, 6.45) is 3.68. The minimum Gasteiger partial charge on any atom is -0.377 e. The fourth-order valence-corrected chi connectivity index (χ4v) is 1.99. The topological polar surface area (TPSA) is 53.6 Å². The Hall–Kier alpha value is -1.80. The van der Waals surface area contributed by atoms with Gasteiger partial charge in [0.05, 0.1) is 18.2 Å². The minimum atomic E-state index is 0.638. The Kier molecular flexibility index (Phi) is 3.45. The van der Waals surface area contributed by atoms with Crippen molar-refractivity contribution in [2.24, 2.45) is 7.05 Å². The number of hydrogen-bond acceptors (Lipinski definition) is 3. The van der Waals surface area contributed by atoms with Crippen LogP contribution >= 0.6 is 15.9 Å². The molecule has 1 aromatic heterocycles. The van der Waals surface area contributed by atoms with Crippen LogP contribution in [0.15, 0.2) is 35.1 Å². The van der Waals surface area contributed by atoms with E-state index in [1.807, 2.05) is 23.9 Å². The molecular formula is C12H11BrN4. The molecule has 0 bridgehead atoms. The third kappa shape index (κ3) is 2.66. The quantitative estimate of drug-likeness (QED) is 0.946. The number of anilines is 1. The molecule has 1 N–H and O–H groups in total. The van der Waals surface area contributed by atoms with E-state index < -0.39 is 0 Å². The summed E-state index contributed by atoms with van der Waals surface area (Å²) in [7, 11) is 1.96. The third-order valence-corrected chi connectivity index (χ3v) is 3.11. The molecule has 1 aromatic carbocycles. The zero-order chi connectivity index (χ0) is 12.3. The van der Waals surface area contributed by atoms with E-state index in [0.29, 0.717) is 12.1 Å². The SMILES string of the molecule is Cn1ccnc1CNc1ccc(C#N)cc1Br. The summed E-state index contributed by atoms with van der Waals surface area (Å²) in [4.78, 5) is 4.23. The number of nitrogens with one attached hydrogen (secondary N) is 1. The molecule has 0 atom stereocenters. The lowest BCUT2D eigenvalue weighted by molar-refractivity contribution is 0.812. The molecule has 1 heterocycles. The number of nitriles is 1. The smallest absolute Gasteiger partial charge is 0.127 e. The van der Waals surface area contributed by atoms with Crippen molar-refractivity contribution >= 4 is 21.6 Å². The van der Waals surface area contributed by atoms with Gasteiger partial charge in [0.15, 0.2) is 0 Å². The van der Waals surface area contributed by atoms with Crippen LogP contribution in [0, 0.1) is 11.3 Å². The average molecular weight is 291 g/mol. The Morgan fingerprint density at radius 1 is 1.53 bits per heavy atom. The molecule has 0 radical (unpaired) electrons. The van der Waals surface area contributed by atoms with Crippen molar-refractivity contribution in [1.29, 1.82) is 5.26 Å². The van der Waals surface area contributed by atoms with Crippen molar-refractivity contribution in [2.75, 3.05) is 5.32 Å². The molecule has 0 amide bonds. The highest BCUT2D eigenvalue weighted by Crippen LogP contribution is 2.23. The van der Waals surface area contributed by atoms with Crippen LogP contribution in [0.3, 0.4) is 0 Å². The lowest BCUT2D eigenvalue weighted by Crippen LogP contribution is -2.05. The Bertz CT molecular complexity index is 568. The summed E-state index contributed by atoms with van der Waals surface area (Å²) in [5.41, 5.74) is 1.59. The first kappa shape index (κ1) is 11.7. The predicted octanol–water partition coefficient (Wildman–Crippen LogP) is 2.67. The molecule has 0 fully saturated rings. The second-order valence-corrected chi connectivity index (χ2v) is 4.47. The summed E-state index contributed by atoms with van der Waals surface area (Å²) in [5.74, 6) is 0.959. The van der Waals surface area contributed by atoms with E-state index in [9.17, 15) is 0 Å². The predicted molar refractivity (Wildman–Crippen MR) is 69.4 cm³/mol. The van der Waals surface area contributed by atoms with Crippen LogP contribution < -0.4 is 5.32 Å². The number of imidazole rings is 1. The van der Waals surface area contributed by atoms with Crippen LogP contribution in [-0.4, -0.2) is 9.55 Å². The van der Waals surface area contributed by atoms with E-state index in [4.69, 9.17) is 5.26 Å². The molecule has 0 aliphatic heterocycles. The van der Waals surface area contributed by atoms with Gasteiger partial charge >= 0.3 is 0 Å². The molecular weight excluding hydrogens is 280 g/mol. The second kappa shape index (κ2) is 5.02. The number of benzene rings is 1. The van der Waals surface area contributed by atoms with Crippen LogP contribution in [0.5, 0.6) is 0 Å². The third-order valence-electron chi connectivity index (χ3n) is 2.46. The summed E-state index contributed by atoms with van der Waals surface area (Å²) in [6, 6.07) is 7.56. The Morgan fingerprint density at radius 2 is 2.35 bits per heavy atom. The molecule has 0 saturated carbocycles. The average Bonchev–Trinajstić information content (AvgIpc) is 2.73. The van der Waals surface area contributed by atoms with Crippen molar-refractivity contribution in [3.05, 3.63) is 46.5 Å². The van der Waals surface area contributed by atoms with Gasteiger partial charge in [0.1, 0.15) is 5.82 Å². The molecule has 0 aliphatic carbocycles. The lowest BCUT2D eigenvalue weighted by Gasteiger charge is -2.08. The molecule has 0 unspecified atom stereocenters. The number of aromatic nitrogens is 2. The second-order valence-electron chi connectivity index (χ2n) is 3.61. The summed E-state index contributed by atoms with van der Waals surface area (Å²) < 4.78 is 2.84. The van der Waals surface area contributed by atoms with Gasteiger partial charge in [0.25, 0.3) is 0 Å². The van der Waals surface area contributed by atoms with E-state index in [2.05, 4.69) is 32.3 Å². The fourth-order valence-electron chi connectivity index (χ4n) is 1.47. The van der Waals surface area contributed by atoms with Gasteiger partial charge in [-0.15, -0.1) is 0 Å². The number of aryl methyl sites for hydroxylation is 1. The summed E-state index contributed by atoms with van der Waals surface area (Å²) in [5, 5.41) is 12.0. The first-order valence-corrected chi connectivity index (χ1v) is 5.89. The fraction of sp³-hybridized carbons (Fsp3) is 0.167. The zero-order valence-corrected chi connectivity index (χ0v) is 10.9. The minimum absolute atomic E-state index is 0.638. The maximum atomic E-state index is 8.76. The molecule has 2 aromatic rings. The number of nitrogens with zero attached hydrogens (tertiary/aromatic N) is 3. The summed E-state index contributed by atoms with van der Waals surface area (Å²) >= 11 is 3.43. The highest BCUT2D eigenvalue weighted by atomic mass is 79.9. The van der Waals surface area contributed by atoms with Gasteiger partial charge < -0.3 is 9.88 Å². The normalized spacial score (nSPS) is 9.94. The van der Waals surface area contributed by atoms with Crippen molar-refractivity contribution in [3.8, 4) is 6.07 Å². The maximum absolute atomic E-state index is 8.76. The van der Waals surface area contributed by atoms with Crippen molar-refractivity contribution in [1.82, 2.24) is 9.55 Å². The molecule has 5 heteroatoms. The highest BCUT2D eigenvalue weighted by molar-refractivity contribution is 9.10. The van der Waals surface area contributed by atoms with Gasteiger partial charge in [-0.3, -0.25) is 0 Å². The van der Waals surface area contributed by atoms with E-state index in [1.54, 1.807) is 18.3 Å². The van der Waals surface area contributed by atoms with Gasteiger partial charge in [-0.2, -0.15) is 5.26 Å². The van der Waals surface area contributed by atoms with Gasteiger partial charge in [-0.05, 0) is 34.1 Å². The Morgan fingerprint density at radius 3 is 2.94 bits per heavy atom. The first-order valence-electron chi connectivity index (χ1n) is 5.10. The molecule has 86 valence electrons. The molecule has 0 saturated heterocycles. The van der Waals surface area contributed by atoms with Gasteiger partial charge in [-0.1, -0.05) is 0 Å². The van der Waals surface area contributed by atoms with Crippen LogP contribution in [0.25, 0.3) is 0 Å². The van der Waals surface area contributed by atoms with Crippen LogP contribution in [0.4, 0.5) is 5.69 Å². The van der Waals surface area contributed by atoms with Crippen molar-refractivity contribution in [2.45, 2.75) is 6.54 Å². The largest absolute Gasteiger partial charge is 0.377 e. The highest BCUT2D eigenvalue weighted by Gasteiger charge is 2.03. The number of hydrogen-bond donors (Lipinski definition) is 1. The van der Waals surface area contributed by atoms with Crippen molar-refractivity contribution < 1.29 is 0 Å². The molecule has 2 rings (SSSR count). The van der Waals surface area contributed by atoms with Crippen molar-refractivity contribution in [3.63, 3.8) is 0 Å². The van der Waals surface area contributed by atoms with E-state index in [1.165, 1.54) is 0 Å². The van der Waals surface area contributed by atoms with Crippen LogP contribution in [0.1, 0.15) is 11.4 Å². The van der Waals surface area contributed by atoms with Gasteiger partial charge in [-0.25, -0.2) is 4.98 Å². The molecule has 4 nitrogen and oxygen atoms in total. The Labute approximate surface area is 108 Å². The number of rotatable bonds is 3. The first-order chi connectivity index (χ1) is 8.20. The van der Waals surface area contributed by atoms with Crippen LogP contribution in [-0.2, 0) is 13.6 Å². The van der Waals surface area contributed by atoms with E-state index >= 15 is 0 Å². The monoisotopic (exact) mass is 290 g/mol. The van der Waals surface area contributed by atoms with E-state index in [-0.39, 0.29) is 0 Å². The molecule has 17 heavy (non-hydrogen) atoms. The van der Waals surface area contributed by atoms with Gasteiger partial charge in [0.2, 0.25) is 0 Å². The van der Waals surface area contributed by atoms with E-state index in [0.717, 1.165) is 16.0 Å². The zero-order valence-electron chi connectivity index (χ0n) is 9.31.